The number of rotatable bonds is 5. The lowest BCUT2D eigenvalue weighted by Gasteiger charge is -2.12. The molecule has 2 aromatic carbocycles. The summed E-state index contributed by atoms with van der Waals surface area (Å²) in [4.78, 5) is 12.1. The first kappa shape index (κ1) is 15.1. The summed E-state index contributed by atoms with van der Waals surface area (Å²) < 4.78 is 10.8. The molecule has 0 aliphatic heterocycles. The molecule has 0 amide bonds. The first-order valence-corrected chi connectivity index (χ1v) is 6.89. The number of carbonyl (C=O) groups excluding carboxylic acids is 1. The Morgan fingerprint density at radius 3 is 2.33 bits per heavy atom. The molecular formula is C18H20O3. The van der Waals surface area contributed by atoms with Gasteiger partial charge in [0, 0.05) is 5.56 Å². The summed E-state index contributed by atoms with van der Waals surface area (Å²) >= 11 is 0. The largest absolute Gasteiger partial charge is 0.497 e. The lowest BCUT2D eigenvalue weighted by atomic mass is 10.1. The van der Waals surface area contributed by atoms with E-state index in [0.29, 0.717) is 5.56 Å². The van der Waals surface area contributed by atoms with Gasteiger partial charge in [-0.25, -0.2) is 0 Å². The van der Waals surface area contributed by atoms with Crippen LogP contribution in [-0.4, -0.2) is 19.5 Å². The van der Waals surface area contributed by atoms with E-state index in [-0.39, 0.29) is 12.4 Å². The van der Waals surface area contributed by atoms with Crippen LogP contribution < -0.4 is 9.47 Å². The molecule has 3 heteroatoms. The normalized spacial score (nSPS) is 10.3. The van der Waals surface area contributed by atoms with Crippen molar-refractivity contribution in [2.75, 3.05) is 13.7 Å². The summed E-state index contributed by atoms with van der Waals surface area (Å²) in [6.45, 7) is 6.10. The third-order valence-corrected chi connectivity index (χ3v) is 3.53. The molecule has 0 aliphatic carbocycles. The number of aryl methyl sites for hydroxylation is 2. The van der Waals surface area contributed by atoms with E-state index in [1.807, 2.05) is 26.8 Å². The van der Waals surface area contributed by atoms with Crippen molar-refractivity contribution in [1.82, 2.24) is 0 Å². The average Bonchev–Trinajstić information content (AvgIpc) is 2.49. The second-order valence-electron chi connectivity index (χ2n) is 5.15. The molecule has 0 aromatic heterocycles. The molecule has 21 heavy (non-hydrogen) atoms. The van der Waals surface area contributed by atoms with Gasteiger partial charge in [0.05, 0.1) is 7.11 Å². The zero-order valence-corrected chi connectivity index (χ0v) is 12.9. The fraction of sp³-hybridized carbons (Fsp3) is 0.278. The summed E-state index contributed by atoms with van der Waals surface area (Å²) in [5.74, 6) is 1.46. The molecule has 0 saturated carbocycles. The molecule has 3 nitrogen and oxygen atoms in total. The van der Waals surface area contributed by atoms with Gasteiger partial charge in [0.2, 0.25) is 0 Å². The monoisotopic (exact) mass is 284 g/mol. The second kappa shape index (κ2) is 6.44. The molecular weight excluding hydrogens is 264 g/mol. The third kappa shape index (κ3) is 3.63. The van der Waals surface area contributed by atoms with Gasteiger partial charge in [-0.2, -0.15) is 0 Å². The Balaban J connectivity index is 2.07. The molecule has 0 saturated heterocycles. The van der Waals surface area contributed by atoms with Crippen molar-refractivity contribution in [3.8, 4) is 11.5 Å². The zero-order chi connectivity index (χ0) is 15.4. The number of ether oxygens (including phenoxy) is 2. The van der Waals surface area contributed by atoms with Crippen LogP contribution in [0.3, 0.4) is 0 Å². The van der Waals surface area contributed by atoms with E-state index in [9.17, 15) is 4.79 Å². The number of ketones is 1. The highest BCUT2D eigenvalue weighted by molar-refractivity contribution is 5.97. The van der Waals surface area contributed by atoms with Crippen LogP contribution in [0.25, 0.3) is 0 Å². The van der Waals surface area contributed by atoms with E-state index < -0.39 is 0 Å². The number of Topliss-reactive ketones (excluding diaryl/α,β-unsaturated/α-hetero) is 1. The predicted molar refractivity (Wildman–Crippen MR) is 83.5 cm³/mol. The first-order chi connectivity index (χ1) is 10.0. The van der Waals surface area contributed by atoms with Crippen LogP contribution in [0.15, 0.2) is 36.4 Å². The van der Waals surface area contributed by atoms with Crippen molar-refractivity contribution in [3.05, 3.63) is 58.7 Å². The van der Waals surface area contributed by atoms with Crippen LogP contribution >= 0.6 is 0 Å². The second-order valence-corrected chi connectivity index (χ2v) is 5.15. The predicted octanol–water partition coefficient (Wildman–Crippen LogP) is 3.88. The smallest absolute Gasteiger partial charge is 0.200 e. The van der Waals surface area contributed by atoms with Crippen molar-refractivity contribution in [3.63, 3.8) is 0 Å². The van der Waals surface area contributed by atoms with Gasteiger partial charge in [-0.15, -0.1) is 0 Å². The minimum atomic E-state index is -0.0452. The highest BCUT2D eigenvalue weighted by Gasteiger charge is 2.09. The first-order valence-electron chi connectivity index (χ1n) is 6.89. The molecule has 0 bridgehead atoms. The molecule has 0 spiro atoms. The SMILES string of the molecule is COc1ccc(C(=O)COc2cc(C)cc(C)c2C)cc1. The molecule has 2 aromatic rings. The van der Waals surface area contributed by atoms with Crippen molar-refractivity contribution < 1.29 is 14.3 Å². The Kier molecular flexibility index (Phi) is 4.63. The summed E-state index contributed by atoms with van der Waals surface area (Å²) in [6, 6.07) is 11.1. The van der Waals surface area contributed by atoms with Crippen LogP contribution in [0, 0.1) is 20.8 Å². The van der Waals surface area contributed by atoms with Crippen LogP contribution in [0.1, 0.15) is 27.0 Å². The maximum Gasteiger partial charge on any atom is 0.200 e. The van der Waals surface area contributed by atoms with E-state index in [1.54, 1.807) is 31.4 Å². The van der Waals surface area contributed by atoms with E-state index >= 15 is 0 Å². The molecule has 0 N–H and O–H groups in total. The molecule has 110 valence electrons. The quantitative estimate of drug-likeness (QED) is 0.782. The Hall–Kier alpha value is -2.29. The van der Waals surface area contributed by atoms with Gasteiger partial charge in [0.1, 0.15) is 11.5 Å². The Morgan fingerprint density at radius 2 is 1.71 bits per heavy atom. The highest BCUT2D eigenvalue weighted by Crippen LogP contribution is 2.23. The lowest BCUT2D eigenvalue weighted by Crippen LogP contribution is -2.12. The van der Waals surface area contributed by atoms with E-state index in [2.05, 4.69) is 6.07 Å². The van der Waals surface area contributed by atoms with Gasteiger partial charge >= 0.3 is 0 Å². The third-order valence-electron chi connectivity index (χ3n) is 3.53. The summed E-state index contributed by atoms with van der Waals surface area (Å²) in [5.41, 5.74) is 3.99. The maximum atomic E-state index is 12.1. The standard InChI is InChI=1S/C18H20O3/c1-12-9-13(2)14(3)18(10-12)21-11-17(19)15-5-7-16(20-4)8-6-15/h5-10H,11H2,1-4H3. The van der Waals surface area contributed by atoms with Gasteiger partial charge in [0.25, 0.3) is 0 Å². The number of carbonyl (C=O) groups is 1. The van der Waals surface area contributed by atoms with Crippen LogP contribution in [0.2, 0.25) is 0 Å². The summed E-state index contributed by atoms with van der Waals surface area (Å²) in [5, 5.41) is 0. The molecule has 0 fully saturated rings. The highest BCUT2D eigenvalue weighted by atomic mass is 16.5. The number of benzene rings is 2. The van der Waals surface area contributed by atoms with Crippen LogP contribution in [0.5, 0.6) is 11.5 Å². The molecule has 0 heterocycles. The molecule has 0 unspecified atom stereocenters. The molecule has 0 radical (unpaired) electrons. The summed E-state index contributed by atoms with van der Waals surface area (Å²) in [6.07, 6.45) is 0. The molecule has 0 atom stereocenters. The van der Waals surface area contributed by atoms with Gasteiger partial charge < -0.3 is 9.47 Å². The number of hydrogen-bond donors (Lipinski definition) is 0. The van der Waals surface area contributed by atoms with Gasteiger partial charge in [0.15, 0.2) is 12.4 Å². The lowest BCUT2D eigenvalue weighted by molar-refractivity contribution is 0.0921. The van der Waals surface area contributed by atoms with Gasteiger partial charge in [-0.3, -0.25) is 4.79 Å². The van der Waals surface area contributed by atoms with Crippen molar-refractivity contribution in [2.24, 2.45) is 0 Å². The topological polar surface area (TPSA) is 35.5 Å². The van der Waals surface area contributed by atoms with Gasteiger partial charge in [-0.05, 0) is 67.8 Å². The summed E-state index contributed by atoms with van der Waals surface area (Å²) in [7, 11) is 1.60. The van der Waals surface area contributed by atoms with E-state index in [4.69, 9.17) is 9.47 Å². The van der Waals surface area contributed by atoms with Crippen molar-refractivity contribution in [2.45, 2.75) is 20.8 Å². The fourth-order valence-electron chi connectivity index (χ4n) is 2.15. The van der Waals surface area contributed by atoms with E-state index in [0.717, 1.165) is 22.6 Å². The fourth-order valence-corrected chi connectivity index (χ4v) is 2.15. The Morgan fingerprint density at radius 1 is 1.05 bits per heavy atom. The minimum absolute atomic E-state index is 0.0378. The molecule has 2 rings (SSSR count). The Labute approximate surface area is 125 Å². The van der Waals surface area contributed by atoms with Crippen molar-refractivity contribution >= 4 is 5.78 Å². The Bertz CT molecular complexity index is 642. The maximum absolute atomic E-state index is 12.1. The minimum Gasteiger partial charge on any atom is -0.497 e. The van der Waals surface area contributed by atoms with Crippen LogP contribution in [-0.2, 0) is 0 Å². The van der Waals surface area contributed by atoms with Gasteiger partial charge in [-0.1, -0.05) is 6.07 Å². The average molecular weight is 284 g/mol. The van der Waals surface area contributed by atoms with Crippen molar-refractivity contribution in [1.29, 1.82) is 0 Å². The van der Waals surface area contributed by atoms with E-state index in [1.165, 1.54) is 5.56 Å². The zero-order valence-electron chi connectivity index (χ0n) is 12.9. The molecule has 0 aliphatic rings. The number of hydrogen-bond acceptors (Lipinski definition) is 3. The van der Waals surface area contributed by atoms with Crippen LogP contribution in [0.4, 0.5) is 0 Å². The number of methoxy groups -OCH3 is 1.